The fourth-order valence-electron chi connectivity index (χ4n) is 5.88. The smallest absolute Gasteiger partial charge is 0.189 e. The number of allylic oxidation sites excluding steroid dienone is 2. The molecule has 0 amide bonds. The Morgan fingerprint density at radius 2 is 0.822 bits per heavy atom. The highest BCUT2D eigenvalue weighted by Gasteiger charge is 2.28. The summed E-state index contributed by atoms with van der Waals surface area (Å²) >= 11 is 5.55. The largest absolute Gasteiger partial charge is 0.289 e. The minimum atomic E-state index is 0.120. The second-order valence-electron chi connectivity index (χ2n) is 12.9. The number of carbonyl (C=O) groups is 2. The number of ketones is 2. The lowest BCUT2D eigenvalue weighted by Gasteiger charge is -2.10. The Labute approximate surface area is 289 Å². The summed E-state index contributed by atoms with van der Waals surface area (Å²) in [5.74, 6) is 0.240. The molecule has 0 N–H and O–H groups in total. The van der Waals surface area contributed by atoms with Crippen molar-refractivity contribution in [3.8, 4) is 0 Å². The number of aryl methyl sites for hydroxylation is 2. The number of thiophene rings is 2. The summed E-state index contributed by atoms with van der Waals surface area (Å²) in [5.41, 5.74) is 5.63. The number of carbonyl (C=O) groups excluding carboxylic acids is 2. The van der Waals surface area contributed by atoms with Crippen LogP contribution in [0.5, 0.6) is 0 Å². The summed E-state index contributed by atoms with van der Waals surface area (Å²) < 4.78 is 2.54. The van der Waals surface area contributed by atoms with Gasteiger partial charge in [-0.25, -0.2) is 0 Å². The van der Waals surface area contributed by atoms with Gasteiger partial charge in [0.05, 0.1) is 8.42 Å². The maximum absolute atomic E-state index is 13.7. The molecule has 2 aromatic heterocycles. The molecule has 45 heavy (non-hydrogen) atoms. The normalized spacial score (nSPS) is 11.3. The Hall–Kier alpha value is -1.43. The van der Waals surface area contributed by atoms with Gasteiger partial charge in [0, 0.05) is 20.9 Å². The Kier molecular flexibility index (Phi) is 19.6. The van der Waals surface area contributed by atoms with Crippen molar-refractivity contribution in [1.29, 1.82) is 0 Å². The molecule has 0 fully saturated rings. The van der Waals surface area contributed by atoms with Gasteiger partial charge in [-0.05, 0) is 87.5 Å². The lowest BCUT2D eigenvalue weighted by atomic mass is 9.96. The van der Waals surface area contributed by atoms with E-state index >= 15 is 0 Å². The third-order valence-electron chi connectivity index (χ3n) is 8.58. The van der Waals surface area contributed by atoms with Crippen molar-refractivity contribution in [2.45, 2.75) is 178 Å². The summed E-state index contributed by atoms with van der Waals surface area (Å²) in [6.45, 7) is 20.9. The van der Waals surface area contributed by atoms with Crippen LogP contribution in [0.3, 0.4) is 0 Å². The highest BCUT2D eigenvalue weighted by Crippen LogP contribution is 2.48. The first-order valence-electron chi connectivity index (χ1n) is 18.1. The lowest BCUT2D eigenvalue weighted by Crippen LogP contribution is -2.06. The number of hydrogen-bond donors (Lipinski definition) is 0. The summed E-state index contributed by atoms with van der Waals surface area (Å²) in [4.78, 5) is 30.0. The van der Waals surface area contributed by atoms with E-state index in [0.29, 0.717) is 11.1 Å². The molecule has 0 atom stereocenters. The number of Topliss-reactive ketones (excluding diaryl/α,β-unsaturated/α-hetero) is 2. The molecular formula is C40H62O2S3. The maximum atomic E-state index is 13.7. The standard InChI is InChI=1S/C40H62O2S3/c1-9-13-17-21-25-31-35(37(41)29(5)6)33(27-23-19-15-11-3)43-39(31)45-40-32(26-22-18-14-10-2)36(38(42)30(7)8)34(44-40)28-24-20-16-12-4/h5,7,9-28H2,1-4,6,8H3. The molecule has 0 saturated carbocycles. The molecule has 0 aromatic carbocycles. The highest BCUT2D eigenvalue weighted by molar-refractivity contribution is 8.03. The highest BCUT2D eigenvalue weighted by atomic mass is 32.2. The van der Waals surface area contributed by atoms with Gasteiger partial charge in [-0.15, -0.1) is 22.7 Å². The Bertz CT molecular complexity index is 1130. The van der Waals surface area contributed by atoms with Crippen molar-refractivity contribution < 1.29 is 9.59 Å². The van der Waals surface area contributed by atoms with E-state index in [1.54, 1.807) is 0 Å². The monoisotopic (exact) mass is 670 g/mol. The predicted octanol–water partition coefficient (Wildman–Crippen LogP) is 14.0. The van der Waals surface area contributed by atoms with E-state index in [2.05, 4.69) is 40.9 Å². The predicted molar refractivity (Wildman–Crippen MR) is 202 cm³/mol. The molecule has 0 aliphatic heterocycles. The van der Waals surface area contributed by atoms with Crippen molar-refractivity contribution in [2.75, 3.05) is 0 Å². The molecule has 2 aromatic rings. The zero-order valence-electron chi connectivity index (χ0n) is 29.6. The van der Waals surface area contributed by atoms with E-state index in [1.165, 1.54) is 106 Å². The molecule has 0 bridgehead atoms. The van der Waals surface area contributed by atoms with Crippen LogP contribution in [-0.2, 0) is 25.7 Å². The third-order valence-corrected chi connectivity index (χ3v) is 12.6. The average Bonchev–Trinajstić information content (AvgIpc) is 3.53. The minimum absolute atomic E-state index is 0.120. The van der Waals surface area contributed by atoms with Gasteiger partial charge < -0.3 is 0 Å². The fraction of sp³-hybridized carbons (Fsp3) is 0.650. The van der Waals surface area contributed by atoms with E-state index in [1.807, 2.05) is 48.3 Å². The van der Waals surface area contributed by atoms with Crippen LogP contribution >= 0.6 is 34.4 Å². The molecule has 0 spiro atoms. The molecule has 0 aliphatic rings. The molecule has 0 unspecified atom stereocenters. The first kappa shape index (κ1) is 39.7. The molecule has 2 rings (SSSR count). The van der Waals surface area contributed by atoms with Crippen molar-refractivity contribution >= 4 is 46.0 Å². The number of hydrogen-bond acceptors (Lipinski definition) is 5. The van der Waals surface area contributed by atoms with Crippen molar-refractivity contribution in [3.63, 3.8) is 0 Å². The quantitative estimate of drug-likeness (QED) is 0.0567. The van der Waals surface area contributed by atoms with Crippen LogP contribution in [0.25, 0.3) is 0 Å². The van der Waals surface area contributed by atoms with E-state index < -0.39 is 0 Å². The lowest BCUT2D eigenvalue weighted by molar-refractivity contribution is 0.102. The van der Waals surface area contributed by atoms with Gasteiger partial charge in [-0.1, -0.05) is 130 Å². The molecule has 0 radical (unpaired) electrons. The Balaban J connectivity index is 2.68. The summed E-state index contributed by atoms with van der Waals surface area (Å²) in [7, 11) is 0. The van der Waals surface area contributed by atoms with Gasteiger partial charge in [-0.2, -0.15) is 0 Å². The molecule has 2 nitrogen and oxygen atoms in total. The van der Waals surface area contributed by atoms with Crippen LogP contribution in [0.15, 0.2) is 32.7 Å². The second kappa shape index (κ2) is 22.2. The first-order chi connectivity index (χ1) is 21.7. The fourth-order valence-corrected chi connectivity index (χ4v) is 10.5. The number of rotatable bonds is 26. The van der Waals surface area contributed by atoms with Gasteiger partial charge in [0.2, 0.25) is 0 Å². The third kappa shape index (κ3) is 12.6. The summed E-state index contributed by atoms with van der Waals surface area (Å²) in [5, 5.41) is 0. The molecular weight excluding hydrogens is 609 g/mol. The molecule has 0 aliphatic carbocycles. The molecule has 252 valence electrons. The zero-order valence-corrected chi connectivity index (χ0v) is 32.0. The number of unbranched alkanes of at least 4 members (excludes halogenated alkanes) is 12. The molecule has 0 saturated heterocycles. The van der Waals surface area contributed by atoms with E-state index in [9.17, 15) is 9.59 Å². The van der Waals surface area contributed by atoms with Gasteiger partial charge >= 0.3 is 0 Å². The van der Waals surface area contributed by atoms with Crippen LogP contribution in [-0.4, -0.2) is 11.6 Å². The second-order valence-corrected chi connectivity index (χ2v) is 16.6. The van der Waals surface area contributed by atoms with Crippen molar-refractivity contribution in [1.82, 2.24) is 0 Å². The van der Waals surface area contributed by atoms with Gasteiger partial charge in [0.25, 0.3) is 0 Å². The SMILES string of the molecule is C=C(C)C(=O)c1c(CCCCCC)sc(Sc2sc(CCCCCC)c(C(=O)C(=C)C)c2CCCCCC)c1CCCCCC. The Morgan fingerprint density at radius 1 is 0.511 bits per heavy atom. The van der Waals surface area contributed by atoms with Gasteiger partial charge in [0.1, 0.15) is 0 Å². The van der Waals surface area contributed by atoms with E-state index in [4.69, 9.17) is 0 Å². The van der Waals surface area contributed by atoms with Crippen LogP contribution in [0.2, 0.25) is 0 Å². The maximum Gasteiger partial charge on any atom is 0.189 e. The molecule has 2 heterocycles. The summed E-state index contributed by atoms with van der Waals surface area (Å²) in [6.07, 6.45) is 22.7. The molecule has 5 heteroatoms. The van der Waals surface area contributed by atoms with Gasteiger partial charge in [-0.3, -0.25) is 9.59 Å². The minimum Gasteiger partial charge on any atom is -0.289 e. The topological polar surface area (TPSA) is 34.1 Å². The zero-order chi connectivity index (χ0) is 33.2. The summed E-state index contributed by atoms with van der Waals surface area (Å²) in [6, 6.07) is 0. The first-order valence-corrected chi connectivity index (χ1v) is 20.5. The van der Waals surface area contributed by atoms with Crippen LogP contribution in [0.4, 0.5) is 0 Å². The van der Waals surface area contributed by atoms with Crippen LogP contribution < -0.4 is 0 Å². The van der Waals surface area contributed by atoms with Gasteiger partial charge in [0.15, 0.2) is 11.6 Å². The van der Waals surface area contributed by atoms with Crippen LogP contribution in [0.1, 0.15) is 186 Å². The van der Waals surface area contributed by atoms with E-state index in [0.717, 1.165) is 62.5 Å². The van der Waals surface area contributed by atoms with Crippen molar-refractivity contribution in [2.24, 2.45) is 0 Å². The van der Waals surface area contributed by atoms with E-state index in [-0.39, 0.29) is 11.6 Å². The van der Waals surface area contributed by atoms with Crippen LogP contribution in [0, 0.1) is 0 Å². The van der Waals surface area contributed by atoms with Crippen molar-refractivity contribution in [3.05, 3.63) is 56.3 Å². The average molecular weight is 671 g/mol. The Morgan fingerprint density at radius 3 is 1.11 bits per heavy atom.